The van der Waals surface area contributed by atoms with E-state index in [0.29, 0.717) is 0 Å². The van der Waals surface area contributed by atoms with Gasteiger partial charge in [0.25, 0.3) is 5.56 Å². The first kappa shape index (κ1) is 13.4. The van der Waals surface area contributed by atoms with Gasteiger partial charge in [0, 0.05) is 6.20 Å². The number of halogens is 2. The van der Waals surface area contributed by atoms with Gasteiger partial charge in [0.05, 0.1) is 4.47 Å². The standard InChI is InChI=1S/C9H10BrFN2O5/c10-3-2-13(9(17)12-7(3)16)8-6(15)5(14)4(1-11)18-8/h2,4-6,8,14-15H,1H2,(H,12,16,17)/t4-,5-,6-,8?/m0/s1. The van der Waals surface area contributed by atoms with Crippen LogP contribution in [-0.4, -0.2) is 44.8 Å². The van der Waals surface area contributed by atoms with E-state index in [1.54, 1.807) is 0 Å². The molecular formula is C9H10BrFN2O5. The first-order valence-corrected chi connectivity index (χ1v) is 5.83. The molecule has 0 saturated carbocycles. The minimum absolute atomic E-state index is 0.0519. The summed E-state index contributed by atoms with van der Waals surface area (Å²) in [5.41, 5.74) is -1.45. The molecule has 0 radical (unpaired) electrons. The number of nitrogens with zero attached hydrogens (tertiary/aromatic N) is 1. The van der Waals surface area contributed by atoms with E-state index < -0.39 is 42.5 Å². The van der Waals surface area contributed by atoms with E-state index in [0.717, 1.165) is 10.8 Å². The molecular weight excluding hydrogens is 315 g/mol. The molecule has 2 heterocycles. The van der Waals surface area contributed by atoms with Gasteiger partial charge in [0.1, 0.15) is 25.0 Å². The summed E-state index contributed by atoms with van der Waals surface area (Å²) in [5, 5.41) is 19.2. The third-order valence-electron chi connectivity index (χ3n) is 2.69. The van der Waals surface area contributed by atoms with Crippen molar-refractivity contribution in [3.8, 4) is 0 Å². The Kier molecular flexibility index (Phi) is 3.66. The van der Waals surface area contributed by atoms with E-state index in [1.807, 2.05) is 4.98 Å². The molecule has 18 heavy (non-hydrogen) atoms. The third kappa shape index (κ3) is 2.14. The van der Waals surface area contributed by atoms with Crippen LogP contribution in [0.25, 0.3) is 0 Å². The summed E-state index contributed by atoms with van der Waals surface area (Å²) >= 11 is 2.92. The van der Waals surface area contributed by atoms with Crippen LogP contribution in [0.4, 0.5) is 4.39 Å². The highest BCUT2D eigenvalue weighted by atomic mass is 79.9. The van der Waals surface area contributed by atoms with Gasteiger partial charge < -0.3 is 14.9 Å². The second-order valence-electron chi connectivity index (χ2n) is 3.84. The Bertz CT molecular complexity index is 559. The molecule has 2 rings (SSSR count). The Morgan fingerprint density at radius 1 is 1.44 bits per heavy atom. The predicted octanol–water partition coefficient (Wildman–Crippen LogP) is -1.11. The number of hydrogen-bond acceptors (Lipinski definition) is 5. The van der Waals surface area contributed by atoms with Crippen molar-refractivity contribution < 1.29 is 19.3 Å². The maximum Gasteiger partial charge on any atom is 0.330 e. The fraction of sp³-hybridized carbons (Fsp3) is 0.556. The molecule has 0 spiro atoms. The van der Waals surface area contributed by atoms with Crippen LogP contribution in [-0.2, 0) is 4.74 Å². The zero-order valence-corrected chi connectivity index (χ0v) is 10.5. The Morgan fingerprint density at radius 2 is 2.11 bits per heavy atom. The van der Waals surface area contributed by atoms with E-state index in [-0.39, 0.29) is 4.47 Å². The van der Waals surface area contributed by atoms with Crippen molar-refractivity contribution in [1.29, 1.82) is 0 Å². The zero-order chi connectivity index (χ0) is 13.4. The second kappa shape index (κ2) is 4.92. The van der Waals surface area contributed by atoms with Crippen molar-refractivity contribution in [3.63, 3.8) is 0 Å². The number of H-pyrrole nitrogens is 1. The maximum atomic E-state index is 12.5. The zero-order valence-electron chi connectivity index (χ0n) is 8.92. The highest BCUT2D eigenvalue weighted by Gasteiger charge is 2.44. The number of rotatable bonds is 2. The molecule has 1 aliphatic rings. The van der Waals surface area contributed by atoms with Gasteiger partial charge in [-0.15, -0.1) is 0 Å². The fourth-order valence-electron chi connectivity index (χ4n) is 1.74. The van der Waals surface area contributed by atoms with Crippen LogP contribution < -0.4 is 11.2 Å². The van der Waals surface area contributed by atoms with Crippen molar-refractivity contribution in [2.45, 2.75) is 24.5 Å². The van der Waals surface area contributed by atoms with Crippen molar-refractivity contribution in [3.05, 3.63) is 31.5 Å². The smallest absolute Gasteiger partial charge is 0.330 e. The van der Waals surface area contributed by atoms with Crippen molar-refractivity contribution in [1.82, 2.24) is 9.55 Å². The molecule has 0 aromatic carbocycles. The van der Waals surface area contributed by atoms with Gasteiger partial charge in [-0.2, -0.15) is 0 Å². The summed E-state index contributed by atoms with van der Waals surface area (Å²) in [6.45, 7) is -0.992. The van der Waals surface area contributed by atoms with E-state index in [4.69, 9.17) is 4.74 Å². The molecule has 0 aliphatic carbocycles. The molecule has 4 atom stereocenters. The van der Waals surface area contributed by atoms with Gasteiger partial charge in [0.2, 0.25) is 0 Å². The maximum absolute atomic E-state index is 12.5. The summed E-state index contributed by atoms with van der Waals surface area (Å²) in [6, 6.07) is 0. The van der Waals surface area contributed by atoms with Gasteiger partial charge in [-0.25, -0.2) is 9.18 Å². The van der Waals surface area contributed by atoms with Crippen LogP contribution in [0, 0.1) is 0 Å². The van der Waals surface area contributed by atoms with Crippen LogP contribution in [0.5, 0.6) is 0 Å². The minimum atomic E-state index is -1.46. The topological polar surface area (TPSA) is 105 Å². The summed E-state index contributed by atoms with van der Waals surface area (Å²) < 4.78 is 18.5. The average molecular weight is 325 g/mol. The number of hydrogen-bond donors (Lipinski definition) is 3. The van der Waals surface area contributed by atoms with Crippen LogP contribution in [0.3, 0.4) is 0 Å². The summed E-state index contributed by atoms with van der Waals surface area (Å²) in [7, 11) is 0. The van der Waals surface area contributed by atoms with Crippen molar-refractivity contribution in [2.24, 2.45) is 0 Å². The van der Waals surface area contributed by atoms with E-state index in [9.17, 15) is 24.2 Å². The number of aromatic nitrogens is 2. The lowest BCUT2D eigenvalue weighted by Gasteiger charge is -2.17. The molecule has 7 nitrogen and oxygen atoms in total. The second-order valence-corrected chi connectivity index (χ2v) is 4.70. The molecule has 0 amide bonds. The number of aromatic amines is 1. The monoisotopic (exact) mass is 324 g/mol. The predicted molar refractivity (Wildman–Crippen MR) is 60.9 cm³/mol. The molecule has 1 unspecified atom stereocenters. The third-order valence-corrected chi connectivity index (χ3v) is 3.25. The largest absolute Gasteiger partial charge is 0.387 e. The van der Waals surface area contributed by atoms with Crippen molar-refractivity contribution in [2.75, 3.05) is 6.67 Å². The normalized spacial score (nSPS) is 31.8. The fourth-order valence-corrected chi connectivity index (χ4v) is 2.06. The van der Waals surface area contributed by atoms with Crippen LogP contribution in [0.2, 0.25) is 0 Å². The highest BCUT2D eigenvalue weighted by Crippen LogP contribution is 2.28. The quantitative estimate of drug-likeness (QED) is 0.639. The molecule has 0 bridgehead atoms. The van der Waals surface area contributed by atoms with Crippen molar-refractivity contribution >= 4 is 15.9 Å². The van der Waals surface area contributed by atoms with E-state index in [1.165, 1.54) is 0 Å². The summed E-state index contributed by atoms with van der Waals surface area (Å²) in [6.07, 6.45) is -4.23. The van der Waals surface area contributed by atoms with Crippen LogP contribution >= 0.6 is 15.9 Å². The Morgan fingerprint density at radius 3 is 2.67 bits per heavy atom. The number of nitrogens with one attached hydrogen (secondary N) is 1. The number of aliphatic hydroxyl groups excluding tert-OH is 2. The molecule has 1 aliphatic heterocycles. The first-order chi connectivity index (χ1) is 8.45. The average Bonchev–Trinajstić information content (AvgIpc) is 2.61. The number of ether oxygens (including phenoxy) is 1. The molecule has 9 heteroatoms. The first-order valence-electron chi connectivity index (χ1n) is 5.04. The molecule has 100 valence electrons. The van der Waals surface area contributed by atoms with Gasteiger partial charge in [0.15, 0.2) is 6.23 Å². The molecule has 1 saturated heterocycles. The minimum Gasteiger partial charge on any atom is -0.387 e. The molecule has 3 N–H and O–H groups in total. The number of alkyl halides is 1. The number of aliphatic hydroxyl groups is 2. The lowest BCUT2D eigenvalue weighted by molar-refractivity contribution is -0.0456. The Hall–Kier alpha value is -1.03. The van der Waals surface area contributed by atoms with Crippen LogP contribution in [0.1, 0.15) is 6.23 Å². The Balaban J connectivity index is 2.42. The SMILES string of the molecule is O=c1[nH]c(=O)n(C2O[C@@H](CF)[C@H](O)[C@@H]2O)cc1Br. The van der Waals surface area contributed by atoms with Gasteiger partial charge >= 0.3 is 5.69 Å². The summed E-state index contributed by atoms with van der Waals surface area (Å²) in [4.78, 5) is 24.7. The van der Waals surface area contributed by atoms with Gasteiger partial charge in [-0.1, -0.05) is 0 Å². The lowest BCUT2D eigenvalue weighted by atomic mass is 10.1. The molecule has 1 aromatic rings. The molecule has 1 fully saturated rings. The van der Waals surface area contributed by atoms with E-state index in [2.05, 4.69) is 15.9 Å². The lowest BCUT2D eigenvalue weighted by Crippen LogP contribution is -2.38. The van der Waals surface area contributed by atoms with E-state index >= 15 is 0 Å². The Labute approximate surface area is 108 Å². The van der Waals surface area contributed by atoms with Crippen LogP contribution in [0.15, 0.2) is 20.3 Å². The van der Waals surface area contributed by atoms with Gasteiger partial charge in [-0.05, 0) is 15.9 Å². The van der Waals surface area contributed by atoms with Gasteiger partial charge in [-0.3, -0.25) is 14.3 Å². The summed E-state index contributed by atoms with van der Waals surface area (Å²) in [5.74, 6) is 0. The highest BCUT2D eigenvalue weighted by molar-refractivity contribution is 9.10. The molecule has 1 aromatic heterocycles.